The van der Waals surface area contributed by atoms with Crippen molar-refractivity contribution >= 4 is 0 Å². The van der Waals surface area contributed by atoms with Gasteiger partial charge in [0.25, 0.3) is 5.89 Å². The van der Waals surface area contributed by atoms with Crippen LogP contribution in [0.2, 0.25) is 0 Å². The summed E-state index contributed by atoms with van der Waals surface area (Å²) in [6, 6.07) is 17.6. The maximum Gasteiger partial charge on any atom is 0.253 e. The molecule has 0 atom stereocenters. The van der Waals surface area contributed by atoms with Gasteiger partial charge in [0.05, 0.1) is 0 Å². The van der Waals surface area contributed by atoms with Gasteiger partial charge in [-0.15, -0.1) is 20.4 Å². The lowest BCUT2D eigenvalue weighted by atomic mass is 10.1. The van der Waals surface area contributed by atoms with Gasteiger partial charge in [-0.3, -0.25) is 0 Å². The van der Waals surface area contributed by atoms with Crippen molar-refractivity contribution in [2.45, 2.75) is 20.4 Å². The SMILES string of the molecule is Cc1ccc(-c2nnn(Cc3nnc(-c4c(-c5ccccc5)noc4C)o3)n2)cc1. The summed E-state index contributed by atoms with van der Waals surface area (Å²) in [7, 11) is 0. The van der Waals surface area contributed by atoms with Crippen LogP contribution in [0.1, 0.15) is 17.2 Å². The summed E-state index contributed by atoms with van der Waals surface area (Å²) in [5, 5.41) is 25.0. The Bertz CT molecular complexity index is 1290. The van der Waals surface area contributed by atoms with Gasteiger partial charge < -0.3 is 8.94 Å². The van der Waals surface area contributed by atoms with Gasteiger partial charge in [0.1, 0.15) is 23.6 Å². The van der Waals surface area contributed by atoms with Gasteiger partial charge in [-0.05, 0) is 19.1 Å². The molecule has 0 saturated carbocycles. The molecule has 0 aliphatic rings. The van der Waals surface area contributed by atoms with Crippen LogP contribution in [0.4, 0.5) is 0 Å². The van der Waals surface area contributed by atoms with Crippen molar-refractivity contribution in [2.75, 3.05) is 0 Å². The summed E-state index contributed by atoms with van der Waals surface area (Å²) < 4.78 is 11.2. The number of tetrazole rings is 1. The first-order chi connectivity index (χ1) is 14.7. The molecular weight excluding hydrogens is 382 g/mol. The molecule has 0 aliphatic carbocycles. The lowest BCUT2D eigenvalue weighted by Crippen LogP contribution is -2.04. The number of hydrogen-bond acceptors (Lipinski definition) is 8. The van der Waals surface area contributed by atoms with Crippen LogP contribution in [0.3, 0.4) is 0 Å². The Morgan fingerprint density at radius 3 is 2.47 bits per heavy atom. The minimum absolute atomic E-state index is 0.205. The average Bonchev–Trinajstić information content (AvgIpc) is 3.50. The van der Waals surface area contributed by atoms with Gasteiger partial charge in [-0.1, -0.05) is 65.3 Å². The predicted molar refractivity (Wildman–Crippen MR) is 107 cm³/mol. The summed E-state index contributed by atoms with van der Waals surface area (Å²) in [6.07, 6.45) is 0. The van der Waals surface area contributed by atoms with Gasteiger partial charge in [-0.2, -0.15) is 4.80 Å². The second-order valence-corrected chi connectivity index (χ2v) is 6.84. The zero-order valence-corrected chi connectivity index (χ0v) is 16.4. The van der Waals surface area contributed by atoms with Crippen LogP contribution >= 0.6 is 0 Å². The topological polar surface area (TPSA) is 109 Å². The van der Waals surface area contributed by atoms with Crippen LogP contribution in [-0.4, -0.2) is 35.6 Å². The second kappa shape index (κ2) is 7.36. The highest BCUT2D eigenvalue weighted by molar-refractivity contribution is 5.77. The number of hydrogen-bond donors (Lipinski definition) is 0. The van der Waals surface area contributed by atoms with Crippen LogP contribution in [0.15, 0.2) is 63.5 Å². The van der Waals surface area contributed by atoms with Crippen LogP contribution in [0, 0.1) is 13.8 Å². The van der Waals surface area contributed by atoms with Gasteiger partial charge in [-0.25, -0.2) is 0 Å². The molecule has 30 heavy (non-hydrogen) atoms. The molecule has 9 nitrogen and oxygen atoms in total. The minimum atomic E-state index is 0.205. The third kappa shape index (κ3) is 3.37. The van der Waals surface area contributed by atoms with Crippen molar-refractivity contribution in [3.63, 3.8) is 0 Å². The average molecular weight is 399 g/mol. The highest BCUT2D eigenvalue weighted by Crippen LogP contribution is 2.33. The third-order valence-corrected chi connectivity index (χ3v) is 4.63. The number of aromatic nitrogens is 7. The Kier molecular flexibility index (Phi) is 4.40. The highest BCUT2D eigenvalue weighted by atomic mass is 16.5. The fourth-order valence-electron chi connectivity index (χ4n) is 3.08. The van der Waals surface area contributed by atoms with E-state index >= 15 is 0 Å². The van der Waals surface area contributed by atoms with Crippen molar-refractivity contribution in [3.8, 4) is 34.1 Å². The summed E-state index contributed by atoms with van der Waals surface area (Å²) in [5.74, 6) is 1.83. The fourth-order valence-corrected chi connectivity index (χ4v) is 3.08. The summed E-state index contributed by atoms with van der Waals surface area (Å²) in [5.41, 5.74) is 4.30. The molecular formula is C21H17N7O2. The van der Waals surface area contributed by atoms with Crippen LogP contribution < -0.4 is 0 Å². The number of nitrogens with zero attached hydrogens (tertiary/aromatic N) is 7. The maximum absolute atomic E-state index is 5.85. The lowest BCUT2D eigenvalue weighted by molar-refractivity contribution is 0.399. The zero-order valence-electron chi connectivity index (χ0n) is 16.4. The maximum atomic E-state index is 5.85. The molecule has 0 bridgehead atoms. The number of benzene rings is 2. The third-order valence-electron chi connectivity index (χ3n) is 4.63. The summed E-state index contributed by atoms with van der Waals surface area (Å²) in [4.78, 5) is 1.42. The monoisotopic (exact) mass is 399 g/mol. The molecule has 148 valence electrons. The van der Waals surface area contributed by atoms with E-state index in [4.69, 9.17) is 8.94 Å². The molecule has 0 amide bonds. The lowest BCUT2D eigenvalue weighted by Gasteiger charge is -1.98. The van der Waals surface area contributed by atoms with E-state index in [1.165, 1.54) is 10.4 Å². The van der Waals surface area contributed by atoms with Crippen molar-refractivity contribution in [3.05, 3.63) is 71.8 Å². The van der Waals surface area contributed by atoms with E-state index in [1.54, 1.807) is 0 Å². The molecule has 0 fully saturated rings. The molecule has 3 heterocycles. The highest BCUT2D eigenvalue weighted by Gasteiger charge is 2.22. The predicted octanol–water partition coefficient (Wildman–Crippen LogP) is 3.71. The molecule has 0 N–H and O–H groups in total. The Balaban J connectivity index is 1.40. The largest absolute Gasteiger partial charge is 0.418 e. The summed E-state index contributed by atoms with van der Waals surface area (Å²) >= 11 is 0. The van der Waals surface area contributed by atoms with E-state index in [-0.39, 0.29) is 6.54 Å². The van der Waals surface area contributed by atoms with Gasteiger partial charge in [0, 0.05) is 11.1 Å². The van der Waals surface area contributed by atoms with Gasteiger partial charge in [0.2, 0.25) is 11.7 Å². The van der Waals surface area contributed by atoms with E-state index in [0.29, 0.717) is 34.6 Å². The molecule has 5 rings (SSSR count). The van der Waals surface area contributed by atoms with Crippen molar-refractivity contribution in [1.29, 1.82) is 0 Å². The normalized spacial score (nSPS) is 11.1. The molecule has 0 aliphatic heterocycles. The molecule has 9 heteroatoms. The first-order valence-electron chi connectivity index (χ1n) is 9.36. The molecule has 3 aromatic heterocycles. The molecule has 0 unspecified atom stereocenters. The Morgan fingerprint density at radius 2 is 1.67 bits per heavy atom. The minimum Gasteiger partial charge on any atom is -0.418 e. The molecule has 5 aromatic rings. The van der Waals surface area contributed by atoms with Crippen LogP contribution in [0.5, 0.6) is 0 Å². The standard InChI is InChI=1S/C21H17N7O2/c1-13-8-10-16(11-9-13)20-23-27-28(25-20)12-17-22-24-21(29-17)18-14(2)30-26-19(18)15-6-4-3-5-7-15/h3-11H,12H2,1-2H3. The van der Waals surface area contributed by atoms with Crippen LogP contribution in [0.25, 0.3) is 34.1 Å². The Hall–Kier alpha value is -4.14. The number of aryl methyl sites for hydroxylation is 2. The van der Waals surface area contributed by atoms with Crippen molar-refractivity contribution in [2.24, 2.45) is 0 Å². The quantitative estimate of drug-likeness (QED) is 0.440. The van der Waals surface area contributed by atoms with Gasteiger partial charge >= 0.3 is 0 Å². The number of rotatable bonds is 5. The first-order valence-corrected chi connectivity index (χ1v) is 9.36. The van der Waals surface area contributed by atoms with Crippen molar-refractivity contribution < 1.29 is 8.94 Å². The van der Waals surface area contributed by atoms with E-state index in [1.807, 2.05) is 68.4 Å². The molecule has 0 spiro atoms. The van der Waals surface area contributed by atoms with Crippen molar-refractivity contribution in [1.82, 2.24) is 35.6 Å². The van der Waals surface area contributed by atoms with Crippen LogP contribution in [-0.2, 0) is 6.54 Å². The van der Waals surface area contributed by atoms with E-state index in [2.05, 4.69) is 30.8 Å². The fraction of sp³-hybridized carbons (Fsp3) is 0.143. The first kappa shape index (κ1) is 17.9. The zero-order chi connectivity index (χ0) is 20.5. The molecule has 2 aromatic carbocycles. The Morgan fingerprint density at radius 1 is 0.867 bits per heavy atom. The van der Waals surface area contributed by atoms with E-state index < -0.39 is 0 Å². The van der Waals surface area contributed by atoms with E-state index in [9.17, 15) is 0 Å². The smallest absolute Gasteiger partial charge is 0.253 e. The van der Waals surface area contributed by atoms with Gasteiger partial charge in [0.15, 0.2) is 0 Å². The van der Waals surface area contributed by atoms with E-state index in [0.717, 1.165) is 11.1 Å². The molecule has 0 saturated heterocycles. The molecule has 0 radical (unpaired) electrons. The summed E-state index contributed by atoms with van der Waals surface area (Å²) in [6.45, 7) is 4.05. The Labute approximate surface area is 171 Å². The second-order valence-electron chi connectivity index (χ2n) is 6.84.